The summed E-state index contributed by atoms with van der Waals surface area (Å²) < 4.78 is 5.94. The van der Waals surface area contributed by atoms with Crippen LogP contribution in [0.3, 0.4) is 0 Å². The standard InChI is InChI=1S/C21H28N4O2/c1-16-6-10-25(11-7-16)21(26)14-27-20-5-3-2-4-17(20)12-24-9-8-18-19(13-24)23-15-22-18/h2-5,15-16H,6-14H2,1H3,(H,22,23). The molecule has 0 saturated carbocycles. The lowest BCUT2D eigenvalue weighted by molar-refractivity contribution is -0.134. The highest BCUT2D eigenvalue weighted by Gasteiger charge is 2.22. The third-order valence-electron chi connectivity index (χ3n) is 5.71. The number of carbonyl (C=O) groups is 1. The molecule has 2 aliphatic heterocycles. The van der Waals surface area contributed by atoms with Crippen molar-refractivity contribution in [3.05, 3.63) is 47.5 Å². The molecule has 2 aromatic rings. The largest absolute Gasteiger partial charge is 0.483 e. The topological polar surface area (TPSA) is 61.5 Å². The van der Waals surface area contributed by atoms with Crippen LogP contribution in [0.1, 0.15) is 36.7 Å². The maximum absolute atomic E-state index is 12.5. The third kappa shape index (κ3) is 4.33. The predicted octanol–water partition coefficient (Wildman–Crippen LogP) is 2.61. The van der Waals surface area contributed by atoms with Crippen molar-refractivity contribution in [2.24, 2.45) is 5.92 Å². The number of para-hydroxylation sites is 1. The Kier molecular flexibility index (Phi) is 5.43. The molecule has 0 atom stereocenters. The lowest BCUT2D eigenvalue weighted by atomic mass is 9.99. The van der Waals surface area contributed by atoms with Crippen molar-refractivity contribution in [1.82, 2.24) is 19.8 Å². The molecular weight excluding hydrogens is 340 g/mol. The molecule has 0 bridgehead atoms. The van der Waals surface area contributed by atoms with Crippen LogP contribution in [0, 0.1) is 5.92 Å². The fraction of sp³-hybridized carbons (Fsp3) is 0.524. The number of rotatable bonds is 5. The minimum absolute atomic E-state index is 0.0942. The van der Waals surface area contributed by atoms with Crippen molar-refractivity contribution in [3.8, 4) is 5.75 Å². The van der Waals surface area contributed by atoms with Crippen LogP contribution in [0.2, 0.25) is 0 Å². The van der Waals surface area contributed by atoms with Gasteiger partial charge in [-0.05, 0) is 24.8 Å². The molecule has 27 heavy (non-hydrogen) atoms. The van der Waals surface area contributed by atoms with Crippen LogP contribution >= 0.6 is 0 Å². The third-order valence-corrected chi connectivity index (χ3v) is 5.71. The fourth-order valence-electron chi connectivity index (χ4n) is 3.91. The van der Waals surface area contributed by atoms with Gasteiger partial charge in [0.05, 0.1) is 17.7 Å². The van der Waals surface area contributed by atoms with E-state index in [0.717, 1.165) is 69.2 Å². The number of H-pyrrole nitrogens is 1. The van der Waals surface area contributed by atoms with Gasteiger partial charge >= 0.3 is 0 Å². The number of fused-ring (bicyclic) bond motifs is 1. The van der Waals surface area contributed by atoms with Crippen molar-refractivity contribution >= 4 is 5.91 Å². The van der Waals surface area contributed by atoms with Gasteiger partial charge in [0.25, 0.3) is 5.91 Å². The number of nitrogens with zero attached hydrogens (tertiary/aromatic N) is 3. The number of hydrogen-bond donors (Lipinski definition) is 1. The SMILES string of the molecule is CC1CCN(C(=O)COc2ccccc2CN2CCc3nc[nH]c3C2)CC1. The summed E-state index contributed by atoms with van der Waals surface area (Å²) in [6, 6.07) is 8.05. The Morgan fingerprint density at radius 2 is 2.07 bits per heavy atom. The normalized spacial score (nSPS) is 18.3. The zero-order chi connectivity index (χ0) is 18.6. The summed E-state index contributed by atoms with van der Waals surface area (Å²) in [5.41, 5.74) is 3.51. The average Bonchev–Trinajstić information content (AvgIpc) is 3.15. The summed E-state index contributed by atoms with van der Waals surface area (Å²) in [7, 11) is 0. The Morgan fingerprint density at radius 3 is 2.93 bits per heavy atom. The van der Waals surface area contributed by atoms with Gasteiger partial charge < -0.3 is 14.6 Å². The number of amides is 1. The van der Waals surface area contributed by atoms with Crippen LogP contribution < -0.4 is 4.74 Å². The molecule has 1 N–H and O–H groups in total. The quantitative estimate of drug-likeness (QED) is 0.881. The van der Waals surface area contributed by atoms with Crippen molar-refractivity contribution in [1.29, 1.82) is 0 Å². The molecule has 1 aromatic heterocycles. The van der Waals surface area contributed by atoms with Gasteiger partial charge in [-0.25, -0.2) is 4.98 Å². The molecule has 6 nitrogen and oxygen atoms in total. The van der Waals surface area contributed by atoms with E-state index >= 15 is 0 Å². The number of aromatic amines is 1. The van der Waals surface area contributed by atoms with Crippen LogP contribution in [0.5, 0.6) is 5.75 Å². The minimum Gasteiger partial charge on any atom is -0.483 e. The maximum Gasteiger partial charge on any atom is 0.260 e. The zero-order valence-corrected chi connectivity index (χ0v) is 16.0. The molecule has 6 heteroatoms. The Morgan fingerprint density at radius 1 is 1.26 bits per heavy atom. The second-order valence-electron chi connectivity index (χ2n) is 7.75. The van der Waals surface area contributed by atoms with E-state index in [1.807, 2.05) is 23.1 Å². The lowest BCUT2D eigenvalue weighted by Gasteiger charge is -2.30. The van der Waals surface area contributed by atoms with Crippen molar-refractivity contribution in [3.63, 3.8) is 0 Å². The first-order chi connectivity index (χ1) is 13.2. The number of imidazole rings is 1. The first kappa shape index (κ1) is 18.0. The highest BCUT2D eigenvalue weighted by molar-refractivity contribution is 5.77. The Bertz CT molecular complexity index is 780. The monoisotopic (exact) mass is 368 g/mol. The van der Waals surface area contributed by atoms with Gasteiger partial charge in [0, 0.05) is 44.7 Å². The van der Waals surface area contributed by atoms with E-state index in [2.05, 4.69) is 27.9 Å². The minimum atomic E-state index is 0.0942. The van der Waals surface area contributed by atoms with Crippen LogP contribution in [-0.4, -0.2) is 51.9 Å². The molecular formula is C21H28N4O2. The second kappa shape index (κ2) is 8.13. The number of carbonyl (C=O) groups excluding carboxylic acids is 1. The summed E-state index contributed by atoms with van der Waals surface area (Å²) in [5, 5.41) is 0. The van der Waals surface area contributed by atoms with E-state index in [-0.39, 0.29) is 12.5 Å². The molecule has 0 aliphatic carbocycles. The Balaban J connectivity index is 1.35. The molecule has 1 amide bonds. The molecule has 2 aliphatic rings. The van der Waals surface area contributed by atoms with Gasteiger partial charge in [0.2, 0.25) is 0 Å². The Labute approximate surface area is 160 Å². The van der Waals surface area contributed by atoms with E-state index in [4.69, 9.17) is 4.74 Å². The maximum atomic E-state index is 12.5. The van der Waals surface area contributed by atoms with Crippen molar-refractivity contribution in [2.75, 3.05) is 26.2 Å². The predicted molar refractivity (Wildman–Crippen MR) is 103 cm³/mol. The number of piperidine rings is 1. The van der Waals surface area contributed by atoms with Crippen LogP contribution in [-0.2, 0) is 24.3 Å². The first-order valence-electron chi connectivity index (χ1n) is 9.91. The van der Waals surface area contributed by atoms with E-state index < -0.39 is 0 Å². The fourth-order valence-corrected chi connectivity index (χ4v) is 3.91. The number of benzene rings is 1. The summed E-state index contributed by atoms with van der Waals surface area (Å²) in [6.45, 7) is 6.74. The highest BCUT2D eigenvalue weighted by Crippen LogP contribution is 2.23. The number of aromatic nitrogens is 2. The van der Waals surface area contributed by atoms with Crippen molar-refractivity contribution in [2.45, 2.75) is 39.3 Å². The molecule has 0 unspecified atom stereocenters. The summed E-state index contributed by atoms with van der Waals surface area (Å²) in [4.78, 5) is 24.4. The van der Waals surface area contributed by atoms with Gasteiger partial charge in [-0.1, -0.05) is 25.1 Å². The van der Waals surface area contributed by atoms with Crippen LogP contribution in [0.25, 0.3) is 0 Å². The smallest absolute Gasteiger partial charge is 0.260 e. The van der Waals surface area contributed by atoms with E-state index in [9.17, 15) is 4.79 Å². The lowest BCUT2D eigenvalue weighted by Crippen LogP contribution is -2.40. The number of likely N-dealkylation sites (tertiary alicyclic amines) is 1. The molecule has 3 heterocycles. The van der Waals surface area contributed by atoms with Gasteiger partial charge in [-0.15, -0.1) is 0 Å². The molecule has 0 spiro atoms. The molecule has 1 saturated heterocycles. The number of ether oxygens (including phenoxy) is 1. The molecule has 0 radical (unpaired) electrons. The summed E-state index contributed by atoms with van der Waals surface area (Å²) in [5.74, 6) is 1.62. The molecule has 1 fully saturated rings. The van der Waals surface area contributed by atoms with E-state index in [1.54, 1.807) is 6.33 Å². The van der Waals surface area contributed by atoms with Crippen LogP contribution in [0.4, 0.5) is 0 Å². The Hall–Kier alpha value is -2.34. The summed E-state index contributed by atoms with van der Waals surface area (Å²) in [6.07, 6.45) is 4.92. The number of hydrogen-bond acceptors (Lipinski definition) is 4. The van der Waals surface area contributed by atoms with E-state index in [0.29, 0.717) is 0 Å². The van der Waals surface area contributed by atoms with Gasteiger partial charge in [0.15, 0.2) is 6.61 Å². The molecule has 1 aromatic carbocycles. The average molecular weight is 368 g/mol. The molecule has 4 rings (SSSR count). The van der Waals surface area contributed by atoms with Gasteiger partial charge in [-0.3, -0.25) is 9.69 Å². The first-order valence-corrected chi connectivity index (χ1v) is 9.91. The van der Waals surface area contributed by atoms with Gasteiger partial charge in [-0.2, -0.15) is 0 Å². The zero-order valence-electron chi connectivity index (χ0n) is 16.0. The summed E-state index contributed by atoms with van der Waals surface area (Å²) >= 11 is 0. The highest BCUT2D eigenvalue weighted by atomic mass is 16.5. The van der Waals surface area contributed by atoms with E-state index in [1.165, 1.54) is 11.4 Å². The molecule has 144 valence electrons. The van der Waals surface area contributed by atoms with Crippen LogP contribution in [0.15, 0.2) is 30.6 Å². The van der Waals surface area contributed by atoms with Gasteiger partial charge in [0.1, 0.15) is 5.75 Å². The second-order valence-corrected chi connectivity index (χ2v) is 7.75. The number of nitrogens with one attached hydrogen (secondary N) is 1. The van der Waals surface area contributed by atoms with Crippen molar-refractivity contribution < 1.29 is 9.53 Å².